The molecule has 3 aromatic rings. The Labute approximate surface area is 151 Å². The molecule has 4 nitrogen and oxygen atoms in total. The van der Waals surface area contributed by atoms with Gasteiger partial charge in [-0.2, -0.15) is 0 Å². The van der Waals surface area contributed by atoms with Crippen molar-refractivity contribution in [2.75, 3.05) is 7.11 Å². The first-order chi connectivity index (χ1) is 12.5. The molecule has 0 spiro atoms. The van der Waals surface area contributed by atoms with Crippen molar-refractivity contribution in [3.05, 3.63) is 83.4 Å². The Hall–Kier alpha value is -3.11. The minimum atomic E-state index is -2.16. The normalized spacial score (nSPS) is 18.7. The van der Waals surface area contributed by atoms with Crippen molar-refractivity contribution in [3.63, 3.8) is 0 Å². The van der Waals surface area contributed by atoms with Gasteiger partial charge in [-0.3, -0.25) is 0 Å². The molecule has 0 fully saturated rings. The van der Waals surface area contributed by atoms with Crippen LogP contribution in [0.4, 0.5) is 0 Å². The van der Waals surface area contributed by atoms with E-state index in [1.807, 2.05) is 61.5 Å². The van der Waals surface area contributed by atoms with Gasteiger partial charge in [0.2, 0.25) is 0 Å². The summed E-state index contributed by atoms with van der Waals surface area (Å²) in [7, 11) is 1.22. The van der Waals surface area contributed by atoms with E-state index in [9.17, 15) is 9.90 Å². The molecule has 0 bridgehead atoms. The summed E-state index contributed by atoms with van der Waals surface area (Å²) in [5, 5.41) is 12.8. The maximum Gasteiger partial charge on any atom is 0.383 e. The Morgan fingerprint density at radius 2 is 1.77 bits per heavy atom. The van der Waals surface area contributed by atoms with Gasteiger partial charge in [0.05, 0.1) is 7.11 Å². The molecule has 1 atom stereocenters. The number of benzene rings is 3. The largest absolute Gasteiger partial charge is 0.464 e. The van der Waals surface area contributed by atoms with Crippen LogP contribution < -0.4 is 4.74 Å². The average Bonchev–Trinajstić information content (AvgIpc) is 2.67. The zero-order valence-corrected chi connectivity index (χ0v) is 14.5. The number of carbonyl (C=O) groups excluding carboxylic acids is 1. The second-order valence-corrected chi connectivity index (χ2v) is 6.37. The summed E-state index contributed by atoms with van der Waals surface area (Å²) in [6.45, 7) is 2.01. The van der Waals surface area contributed by atoms with Crippen molar-refractivity contribution in [1.29, 1.82) is 0 Å². The number of ether oxygens (including phenoxy) is 2. The first-order valence-corrected chi connectivity index (χ1v) is 8.34. The maximum atomic E-state index is 12.2. The lowest BCUT2D eigenvalue weighted by Gasteiger charge is -2.31. The summed E-state index contributed by atoms with van der Waals surface area (Å²) in [5.41, 5.74) is 3.60. The number of carbonyl (C=O) groups is 1. The quantitative estimate of drug-likeness (QED) is 0.717. The van der Waals surface area contributed by atoms with Crippen LogP contribution in [0.15, 0.2) is 66.7 Å². The topological polar surface area (TPSA) is 55.8 Å². The van der Waals surface area contributed by atoms with Crippen molar-refractivity contribution in [2.24, 2.45) is 0 Å². The maximum absolute atomic E-state index is 12.2. The fourth-order valence-electron chi connectivity index (χ4n) is 3.29. The average molecular weight is 346 g/mol. The van der Waals surface area contributed by atoms with Crippen LogP contribution in [0.5, 0.6) is 5.75 Å². The molecule has 130 valence electrons. The van der Waals surface area contributed by atoms with Crippen LogP contribution in [0.2, 0.25) is 0 Å². The number of esters is 1. The van der Waals surface area contributed by atoms with E-state index >= 15 is 0 Å². The highest BCUT2D eigenvalue weighted by Crippen LogP contribution is 2.43. The fraction of sp³-hybridized carbons (Fsp3) is 0.136. The predicted octanol–water partition coefficient (Wildman–Crippen LogP) is 3.83. The summed E-state index contributed by atoms with van der Waals surface area (Å²) in [4.78, 5) is 12.2. The molecule has 1 heterocycles. The van der Waals surface area contributed by atoms with Crippen molar-refractivity contribution < 1.29 is 19.4 Å². The van der Waals surface area contributed by atoms with Crippen molar-refractivity contribution in [1.82, 2.24) is 0 Å². The molecule has 1 unspecified atom stereocenters. The van der Waals surface area contributed by atoms with E-state index in [1.54, 1.807) is 6.07 Å². The van der Waals surface area contributed by atoms with E-state index in [4.69, 9.17) is 9.47 Å². The molecule has 1 N–H and O–H groups in total. The number of hydrogen-bond donors (Lipinski definition) is 1. The van der Waals surface area contributed by atoms with Gasteiger partial charge in [0.1, 0.15) is 5.75 Å². The first kappa shape index (κ1) is 16.4. The predicted molar refractivity (Wildman–Crippen MR) is 99.8 cm³/mol. The van der Waals surface area contributed by atoms with E-state index < -0.39 is 11.8 Å². The lowest BCUT2D eigenvalue weighted by atomic mass is 9.88. The molecular formula is C22H18O4. The van der Waals surface area contributed by atoms with Gasteiger partial charge in [0.15, 0.2) is 0 Å². The standard InChI is InChI=1S/C22H18O4/c1-14-7-9-16(10-8-14)18-13-22(24,21(23)25-2)26-19-12-11-15-5-3-4-6-17(15)20(18)19/h3-13,24H,1-2H3. The highest BCUT2D eigenvalue weighted by molar-refractivity contribution is 6.02. The van der Waals surface area contributed by atoms with E-state index in [2.05, 4.69) is 0 Å². The molecule has 4 rings (SSSR count). The fourth-order valence-corrected chi connectivity index (χ4v) is 3.29. The summed E-state index contributed by atoms with van der Waals surface area (Å²) in [6, 6.07) is 19.5. The van der Waals surface area contributed by atoms with Crippen molar-refractivity contribution >= 4 is 22.3 Å². The summed E-state index contributed by atoms with van der Waals surface area (Å²) in [5.74, 6) is -2.58. The molecule has 4 heteroatoms. The van der Waals surface area contributed by atoms with Gasteiger partial charge in [0.25, 0.3) is 0 Å². The number of aliphatic hydroxyl groups is 1. The molecule has 0 amide bonds. The summed E-state index contributed by atoms with van der Waals surface area (Å²) >= 11 is 0. The summed E-state index contributed by atoms with van der Waals surface area (Å²) < 4.78 is 10.4. The van der Waals surface area contributed by atoms with Crippen LogP contribution in [0.25, 0.3) is 16.3 Å². The van der Waals surface area contributed by atoms with Crippen LogP contribution in [-0.2, 0) is 9.53 Å². The third-order valence-electron chi connectivity index (χ3n) is 4.61. The monoisotopic (exact) mass is 346 g/mol. The van der Waals surface area contributed by atoms with Crippen molar-refractivity contribution in [3.8, 4) is 5.75 Å². The lowest BCUT2D eigenvalue weighted by Crippen LogP contribution is -2.45. The van der Waals surface area contributed by atoms with E-state index in [-0.39, 0.29) is 0 Å². The molecule has 0 saturated heterocycles. The minimum Gasteiger partial charge on any atom is -0.464 e. The van der Waals surface area contributed by atoms with Gasteiger partial charge < -0.3 is 14.6 Å². The molecule has 1 aliphatic rings. The molecule has 3 aromatic carbocycles. The lowest BCUT2D eigenvalue weighted by molar-refractivity contribution is -0.183. The Morgan fingerprint density at radius 1 is 1.04 bits per heavy atom. The van der Waals surface area contributed by atoms with E-state index in [0.717, 1.165) is 33.0 Å². The second-order valence-electron chi connectivity index (χ2n) is 6.37. The van der Waals surface area contributed by atoms with E-state index in [1.165, 1.54) is 13.2 Å². The zero-order chi connectivity index (χ0) is 18.3. The Balaban J connectivity index is 2.02. The highest BCUT2D eigenvalue weighted by Gasteiger charge is 2.42. The molecule has 1 aliphatic heterocycles. The number of rotatable bonds is 2. The Morgan fingerprint density at radius 3 is 2.50 bits per heavy atom. The summed E-state index contributed by atoms with van der Waals surface area (Å²) in [6.07, 6.45) is 1.43. The first-order valence-electron chi connectivity index (χ1n) is 8.34. The van der Waals surface area contributed by atoms with Crippen LogP contribution in [-0.4, -0.2) is 24.0 Å². The second kappa shape index (κ2) is 6.00. The van der Waals surface area contributed by atoms with Gasteiger partial charge in [-0.15, -0.1) is 0 Å². The number of methoxy groups -OCH3 is 1. The third kappa shape index (κ3) is 2.55. The SMILES string of the molecule is COC(=O)C1(O)C=C(c2ccc(C)cc2)c2c(ccc3ccccc23)O1. The molecule has 26 heavy (non-hydrogen) atoms. The van der Waals surface area contributed by atoms with Gasteiger partial charge in [-0.05, 0) is 34.9 Å². The van der Waals surface area contributed by atoms with Gasteiger partial charge in [0, 0.05) is 11.6 Å². The molecule has 0 saturated carbocycles. The smallest absolute Gasteiger partial charge is 0.383 e. The van der Waals surface area contributed by atoms with Crippen LogP contribution in [0, 0.1) is 6.92 Å². The Kier molecular flexibility index (Phi) is 3.78. The third-order valence-corrected chi connectivity index (χ3v) is 4.61. The van der Waals surface area contributed by atoms with Crippen LogP contribution in [0.1, 0.15) is 16.7 Å². The van der Waals surface area contributed by atoms with Gasteiger partial charge >= 0.3 is 11.8 Å². The molecule has 0 aromatic heterocycles. The van der Waals surface area contributed by atoms with Crippen LogP contribution in [0.3, 0.4) is 0 Å². The minimum absolute atomic E-state index is 0.440. The highest BCUT2D eigenvalue weighted by atomic mass is 16.7. The van der Waals surface area contributed by atoms with Gasteiger partial charge in [-0.25, -0.2) is 4.79 Å². The molecule has 0 aliphatic carbocycles. The number of fused-ring (bicyclic) bond motifs is 3. The van der Waals surface area contributed by atoms with Crippen molar-refractivity contribution in [2.45, 2.75) is 12.7 Å². The Bertz CT molecular complexity index is 1030. The zero-order valence-electron chi connectivity index (χ0n) is 14.5. The number of aryl methyl sites for hydroxylation is 1. The number of hydrogen-bond acceptors (Lipinski definition) is 4. The molecule has 0 radical (unpaired) electrons. The van der Waals surface area contributed by atoms with Crippen LogP contribution >= 0.6 is 0 Å². The van der Waals surface area contributed by atoms with E-state index in [0.29, 0.717) is 5.75 Å². The van der Waals surface area contributed by atoms with Gasteiger partial charge in [-0.1, -0.05) is 60.2 Å². The molecular weight excluding hydrogens is 328 g/mol.